The molecule has 22 heavy (non-hydrogen) atoms. The van der Waals surface area contributed by atoms with Crippen LogP contribution < -0.4 is 0 Å². The Kier molecular flexibility index (Phi) is 3.69. The van der Waals surface area contributed by atoms with Gasteiger partial charge in [0.15, 0.2) is 0 Å². The molecular formula is C19H21ClN2. The van der Waals surface area contributed by atoms with E-state index in [0.29, 0.717) is 12.0 Å². The van der Waals surface area contributed by atoms with Gasteiger partial charge in [-0.15, -0.1) is 0 Å². The Morgan fingerprint density at radius 1 is 0.955 bits per heavy atom. The lowest BCUT2D eigenvalue weighted by Crippen LogP contribution is -2.50. The maximum absolute atomic E-state index is 6.62. The third-order valence-electron chi connectivity index (χ3n) is 5.11. The predicted molar refractivity (Wildman–Crippen MR) is 91.5 cm³/mol. The summed E-state index contributed by atoms with van der Waals surface area (Å²) in [7, 11) is 2.21. The van der Waals surface area contributed by atoms with Gasteiger partial charge in [0.05, 0.1) is 0 Å². The zero-order valence-electron chi connectivity index (χ0n) is 12.9. The minimum absolute atomic E-state index is 0.426. The molecule has 0 aliphatic carbocycles. The van der Waals surface area contributed by atoms with Crippen molar-refractivity contribution in [3.05, 3.63) is 70.2 Å². The molecule has 0 saturated carbocycles. The average molecular weight is 313 g/mol. The number of piperazine rings is 1. The van der Waals surface area contributed by atoms with E-state index in [2.05, 4.69) is 59.3 Å². The average Bonchev–Trinajstić information content (AvgIpc) is 2.55. The Morgan fingerprint density at radius 3 is 2.59 bits per heavy atom. The summed E-state index contributed by atoms with van der Waals surface area (Å²) in [6.45, 7) is 4.42. The van der Waals surface area contributed by atoms with Crippen molar-refractivity contribution in [2.24, 2.45) is 0 Å². The number of likely N-dealkylation sites (N-methyl/N-ethyl adjacent to an activating group) is 1. The standard InChI is InChI=1S/C19H21ClN2/c1-21-10-11-22-12-16(14-6-3-2-4-7-14)15-8-5-9-17(20)19(15)18(22)13-21/h2-9,16,18H,10-13H2,1H3/t16-,18+/m0/s1. The zero-order chi connectivity index (χ0) is 15.1. The summed E-state index contributed by atoms with van der Waals surface area (Å²) < 4.78 is 0. The Hall–Kier alpha value is -1.35. The van der Waals surface area contributed by atoms with Crippen molar-refractivity contribution < 1.29 is 0 Å². The van der Waals surface area contributed by atoms with Crippen LogP contribution >= 0.6 is 11.6 Å². The molecule has 1 fully saturated rings. The van der Waals surface area contributed by atoms with E-state index in [0.717, 1.165) is 31.2 Å². The van der Waals surface area contributed by atoms with Gasteiger partial charge in [0.2, 0.25) is 0 Å². The van der Waals surface area contributed by atoms with Crippen LogP contribution in [0.25, 0.3) is 0 Å². The molecule has 2 aromatic rings. The van der Waals surface area contributed by atoms with Crippen molar-refractivity contribution >= 4 is 11.6 Å². The molecule has 0 radical (unpaired) electrons. The molecule has 2 heterocycles. The molecule has 0 spiro atoms. The number of rotatable bonds is 1. The van der Waals surface area contributed by atoms with Crippen molar-refractivity contribution in [3.8, 4) is 0 Å². The van der Waals surface area contributed by atoms with Gasteiger partial charge in [0.1, 0.15) is 0 Å². The van der Waals surface area contributed by atoms with Gasteiger partial charge in [-0.05, 0) is 29.8 Å². The highest BCUT2D eigenvalue weighted by atomic mass is 35.5. The largest absolute Gasteiger partial charge is 0.303 e. The summed E-state index contributed by atoms with van der Waals surface area (Å²) in [5, 5.41) is 0.920. The minimum Gasteiger partial charge on any atom is -0.303 e. The second-order valence-corrected chi connectivity index (χ2v) is 6.89. The molecule has 2 nitrogen and oxygen atoms in total. The molecule has 0 amide bonds. The first-order chi connectivity index (χ1) is 10.7. The number of halogens is 1. The van der Waals surface area contributed by atoms with Gasteiger partial charge in [-0.1, -0.05) is 54.1 Å². The number of hydrogen-bond acceptors (Lipinski definition) is 2. The molecule has 4 rings (SSSR count). The highest BCUT2D eigenvalue weighted by molar-refractivity contribution is 6.31. The van der Waals surface area contributed by atoms with E-state index in [1.165, 1.54) is 16.7 Å². The first-order valence-electron chi connectivity index (χ1n) is 8.00. The van der Waals surface area contributed by atoms with E-state index in [1.54, 1.807) is 0 Å². The first-order valence-corrected chi connectivity index (χ1v) is 8.37. The molecule has 114 valence electrons. The van der Waals surface area contributed by atoms with E-state index in [-0.39, 0.29) is 0 Å². The SMILES string of the molecule is CN1CCN2C[C@@H](c3ccccc3)c3cccc(Cl)c3[C@H]2C1. The molecule has 3 heteroatoms. The predicted octanol–water partition coefficient (Wildman–Crippen LogP) is 3.77. The molecule has 2 aliphatic heterocycles. The van der Waals surface area contributed by atoms with Crippen LogP contribution in [0.2, 0.25) is 5.02 Å². The van der Waals surface area contributed by atoms with Crippen LogP contribution in [-0.2, 0) is 0 Å². The van der Waals surface area contributed by atoms with Crippen LogP contribution in [0.5, 0.6) is 0 Å². The van der Waals surface area contributed by atoms with Crippen LogP contribution in [0, 0.1) is 0 Å². The summed E-state index contributed by atoms with van der Waals surface area (Å²) in [5.41, 5.74) is 4.15. The van der Waals surface area contributed by atoms with Gasteiger partial charge >= 0.3 is 0 Å². The second-order valence-electron chi connectivity index (χ2n) is 6.48. The van der Waals surface area contributed by atoms with Gasteiger partial charge in [0, 0.05) is 43.2 Å². The van der Waals surface area contributed by atoms with Crippen LogP contribution in [0.4, 0.5) is 0 Å². The van der Waals surface area contributed by atoms with Crippen LogP contribution in [0.3, 0.4) is 0 Å². The van der Waals surface area contributed by atoms with E-state index >= 15 is 0 Å². The molecule has 1 saturated heterocycles. The monoisotopic (exact) mass is 312 g/mol. The van der Waals surface area contributed by atoms with Crippen molar-refractivity contribution in [2.45, 2.75) is 12.0 Å². The third-order valence-corrected chi connectivity index (χ3v) is 5.44. The summed E-state index contributed by atoms with van der Waals surface area (Å²) in [6, 6.07) is 17.7. The molecule has 0 unspecified atom stereocenters. The van der Waals surface area contributed by atoms with E-state index in [9.17, 15) is 0 Å². The Balaban J connectivity index is 1.83. The summed E-state index contributed by atoms with van der Waals surface area (Å²) in [5.74, 6) is 0.426. The fraction of sp³-hybridized carbons (Fsp3) is 0.368. The molecule has 0 N–H and O–H groups in total. The molecule has 2 aromatic carbocycles. The number of nitrogens with zero attached hydrogens (tertiary/aromatic N) is 2. The van der Waals surface area contributed by atoms with Gasteiger partial charge in [-0.25, -0.2) is 0 Å². The quantitative estimate of drug-likeness (QED) is 0.791. The van der Waals surface area contributed by atoms with Crippen LogP contribution in [0.15, 0.2) is 48.5 Å². The van der Waals surface area contributed by atoms with Crippen LogP contribution in [0.1, 0.15) is 28.7 Å². The topological polar surface area (TPSA) is 6.48 Å². The fourth-order valence-electron chi connectivity index (χ4n) is 3.96. The summed E-state index contributed by atoms with van der Waals surface area (Å²) >= 11 is 6.62. The molecule has 2 atom stereocenters. The van der Waals surface area contributed by atoms with Crippen molar-refractivity contribution in [1.82, 2.24) is 9.80 Å². The third kappa shape index (κ3) is 2.36. The lowest BCUT2D eigenvalue weighted by Gasteiger charge is -2.47. The van der Waals surface area contributed by atoms with E-state index in [4.69, 9.17) is 11.6 Å². The smallest absolute Gasteiger partial charge is 0.0493 e. The molecule has 2 aliphatic rings. The Labute approximate surface area is 137 Å². The van der Waals surface area contributed by atoms with Crippen molar-refractivity contribution in [1.29, 1.82) is 0 Å². The lowest BCUT2D eigenvalue weighted by molar-refractivity contribution is 0.0773. The maximum Gasteiger partial charge on any atom is 0.0493 e. The second kappa shape index (κ2) is 5.69. The van der Waals surface area contributed by atoms with Crippen molar-refractivity contribution in [2.75, 3.05) is 33.2 Å². The highest BCUT2D eigenvalue weighted by Gasteiger charge is 2.37. The molecule has 0 bridgehead atoms. The molecule has 0 aromatic heterocycles. The van der Waals surface area contributed by atoms with Gasteiger partial charge in [0.25, 0.3) is 0 Å². The zero-order valence-corrected chi connectivity index (χ0v) is 13.6. The highest BCUT2D eigenvalue weighted by Crippen LogP contribution is 2.43. The number of hydrogen-bond donors (Lipinski definition) is 0. The molecular weight excluding hydrogens is 292 g/mol. The Bertz CT molecular complexity index is 670. The lowest BCUT2D eigenvalue weighted by atomic mass is 9.80. The van der Waals surface area contributed by atoms with Gasteiger partial charge in [-0.3, -0.25) is 4.90 Å². The Morgan fingerprint density at radius 2 is 1.77 bits per heavy atom. The summed E-state index contributed by atoms with van der Waals surface area (Å²) in [4.78, 5) is 5.03. The van der Waals surface area contributed by atoms with Crippen LogP contribution in [-0.4, -0.2) is 43.0 Å². The minimum atomic E-state index is 0.426. The number of benzene rings is 2. The van der Waals surface area contributed by atoms with Gasteiger partial charge in [-0.2, -0.15) is 0 Å². The number of fused-ring (bicyclic) bond motifs is 3. The van der Waals surface area contributed by atoms with E-state index < -0.39 is 0 Å². The van der Waals surface area contributed by atoms with Crippen molar-refractivity contribution in [3.63, 3.8) is 0 Å². The van der Waals surface area contributed by atoms with E-state index in [1.807, 2.05) is 6.07 Å². The summed E-state index contributed by atoms with van der Waals surface area (Å²) in [6.07, 6.45) is 0. The van der Waals surface area contributed by atoms with Gasteiger partial charge < -0.3 is 4.90 Å². The first kappa shape index (κ1) is 14.3. The normalized spacial score (nSPS) is 25.5. The maximum atomic E-state index is 6.62. The fourth-order valence-corrected chi connectivity index (χ4v) is 4.27.